The van der Waals surface area contributed by atoms with Gasteiger partial charge in [0.15, 0.2) is 5.13 Å². The number of carbonyl (C=O) groups is 2. The molecule has 0 aliphatic rings. The van der Waals surface area contributed by atoms with Crippen molar-refractivity contribution in [3.05, 3.63) is 51.0 Å². The van der Waals surface area contributed by atoms with Gasteiger partial charge in [0.2, 0.25) is 0 Å². The molecule has 20 heavy (non-hydrogen) atoms. The van der Waals surface area contributed by atoms with E-state index < -0.39 is 16.7 Å². The van der Waals surface area contributed by atoms with Crippen LogP contribution in [0.1, 0.15) is 20.8 Å². The maximum atomic E-state index is 12.0. The van der Waals surface area contributed by atoms with E-state index in [0.29, 0.717) is 0 Å². The van der Waals surface area contributed by atoms with Crippen LogP contribution < -0.4 is 11.1 Å². The number of hydrogen-bond donors (Lipinski definition) is 2. The first-order chi connectivity index (χ1) is 9.49. The minimum absolute atomic E-state index is 0.0212. The zero-order valence-corrected chi connectivity index (χ0v) is 10.7. The molecule has 0 unspecified atom stereocenters. The monoisotopic (exact) mass is 292 g/mol. The molecule has 8 nitrogen and oxygen atoms in total. The van der Waals surface area contributed by atoms with E-state index in [2.05, 4.69) is 10.3 Å². The number of amides is 2. The Balaban J connectivity index is 2.24. The molecular weight excluding hydrogens is 284 g/mol. The topological polar surface area (TPSA) is 128 Å². The lowest BCUT2D eigenvalue weighted by molar-refractivity contribution is -0.385. The van der Waals surface area contributed by atoms with Crippen LogP contribution in [0.25, 0.3) is 0 Å². The molecule has 0 bridgehead atoms. The lowest BCUT2D eigenvalue weighted by atomic mass is 10.1. The third-order valence-corrected chi connectivity index (χ3v) is 3.08. The number of primary amides is 1. The molecule has 9 heteroatoms. The molecule has 0 saturated carbocycles. The van der Waals surface area contributed by atoms with Gasteiger partial charge in [-0.05, 0) is 6.07 Å². The zero-order valence-electron chi connectivity index (χ0n) is 9.90. The normalized spacial score (nSPS) is 10.0. The molecular formula is C11H8N4O4S. The maximum Gasteiger partial charge on any atom is 0.282 e. The predicted octanol–water partition coefficient (Wildman–Crippen LogP) is 1.40. The van der Waals surface area contributed by atoms with Gasteiger partial charge in [-0.3, -0.25) is 25.0 Å². The molecule has 0 saturated heterocycles. The Morgan fingerprint density at radius 3 is 2.65 bits per heavy atom. The first-order valence-corrected chi connectivity index (χ1v) is 6.17. The first kappa shape index (κ1) is 13.6. The maximum absolute atomic E-state index is 12.0. The van der Waals surface area contributed by atoms with Gasteiger partial charge < -0.3 is 5.73 Å². The van der Waals surface area contributed by atoms with Crippen molar-refractivity contribution in [3.8, 4) is 0 Å². The molecule has 0 fully saturated rings. The SMILES string of the molecule is NC(=O)c1csc(NC(=O)c2ccccc2[N+](=O)[O-])n1. The number of thiazole rings is 1. The second kappa shape index (κ2) is 5.45. The van der Waals surface area contributed by atoms with Gasteiger partial charge in [-0.2, -0.15) is 0 Å². The van der Waals surface area contributed by atoms with E-state index in [9.17, 15) is 19.7 Å². The van der Waals surface area contributed by atoms with E-state index >= 15 is 0 Å². The van der Waals surface area contributed by atoms with Crippen molar-refractivity contribution in [3.63, 3.8) is 0 Å². The Morgan fingerprint density at radius 2 is 2.05 bits per heavy atom. The fourth-order valence-electron chi connectivity index (χ4n) is 1.43. The van der Waals surface area contributed by atoms with Gasteiger partial charge >= 0.3 is 0 Å². The summed E-state index contributed by atoms with van der Waals surface area (Å²) in [6.07, 6.45) is 0. The average Bonchev–Trinajstić information content (AvgIpc) is 2.87. The molecule has 2 aromatic rings. The lowest BCUT2D eigenvalue weighted by Crippen LogP contribution is -2.15. The van der Waals surface area contributed by atoms with Gasteiger partial charge in [0.1, 0.15) is 11.3 Å². The molecule has 0 aliphatic heterocycles. The van der Waals surface area contributed by atoms with Gasteiger partial charge in [0.25, 0.3) is 17.5 Å². The molecule has 2 amide bonds. The van der Waals surface area contributed by atoms with E-state index in [0.717, 1.165) is 11.3 Å². The molecule has 0 aliphatic carbocycles. The van der Waals surface area contributed by atoms with Crippen molar-refractivity contribution in [1.82, 2.24) is 4.98 Å². The van der Waals surface area contributed by atoms with Crippen LogP contribution in [0.15, 0.2) is 29.6 Å². The number of rotatable bonds is 4. The highest BCUT2D eigenvalue weighted by molar-refractivity contribution is 7.14. The molecule has 3 N–H and O–H groups in total. The molecule has 0 spiro atoms. The standard InChI is InChI=1S/C11H8N4O4S/c12-9(16)7-5-20-11(13-7)14-10(17)6-3-1-2-4-8(6)15(18)19/h1-5H,(H2,12,16)(H,13,14,17). The number of carbonyl (C=O) groups excluding carboxylic acids is 2. The fourth-order valence-corrected chi connectivity index (χ4v) is 2.13. The quantitative estimate of drug-likeness (QED) is 0.650. The van der Waals surface area contributed by atoms with E-state index in [1.54, 1.807) is 0 Å². The number of nitrogens with zero attached hydrogens (tertiary/aromatic N) is 2. The molecule has 1 aromatic heterocycles. The van der Waals surface area contributed by atoms with E-state index in [-0.39, 0.29) is 22.1 Å². The highest BCUT2D eigenvalue weighted by Gasteiger charge is 2.20. The fraction of sp³-hybridized carbons (Fsp3) is 0. The van der Waals surface area contributed by atoms with Crippen LogP contribution in [0.5, 0.6) is 0 Å². The van der Waals surface area contributed by atoms with Crippen molar-refractivity contribution < 1.29 is 14.5 Å². The number of para-hydroxylation sites is 1. The first-order valence-electron chi connectivity index (χ1n) is 5.29. The van der Waals surface area contributed by atoms with Crippen LogP contribution in [0, 0.1) is 10.1 Å². The van der Waals surface area contributed by atoms with Gasteiger partial charge in [0, 0.05) is 11.4 Å². The summed E-state index contributed by atoms with van der Waals surface area (Å²) >= 11 is 1.00. The molecule has 2 rings (SSSR count). The van der Waals surface area contributed by atoms with Crippen LogP contribution in [0.3, 0.4) is 0 Å². The van der Waals surface area contributed by atoms with Crippen molar-refractivity contribution in [1.29, 1.82) is 0 Å². The summed E-state index contributed by atoms with van der Waals surface area (Å²) in [5, 5.41) is 14.7. The number of anilines is 1. The molecule has 1 heterocycles. The summed E-state index contributed by atoms with van der Waals surface area (Å²) in [7, 11) is 0. The Labute approximate surface area is 116 Å². The van der Waals surface area contributed by atoms with E-state index in [4.69, 9.17) is 5.73 Å². The van der Waals surface area contributed by atoms with Crippen LogP contribution in [0.2, 0.25) is 0 Å². The van der Waals surface area contributed by atoms with Gasteiger partial charge in [0.05, 0.1) is 4.92 Å². The van der Waals surface area contributed by atoms with Crippen LogP contribution >= 0.6 is 11.3 Å². The van der Waals surface area contributed by atoms with Crippen LogP contribution in [0.4, 0.5) is 10.8 Å². The number of nitrogens with one attached hydrogen (secondary N) is 1. The number of nitro benzene ring substituents is 1. The molecule has 102 valence electrons. The van der Waals surface area contributed by atoms with Crippen LogP contribution in [-0.2, 0) is 0 Å². The summed E-state index contributed by atoms with van der Waals surface area (Å²) in [5.74, 6) is -1.39. The highest BCUT2D eigenvalue weighted by Crippen LogP contribution is 2.21. The summed E-state index contributed by atoms with van der Waals surface area (Å²) in [4.78, 5) is 36.8. The molecule has 1 aromatic carbocycles. The number of nitrogens with two attached hydrogens (primary N) is 1. The van der Waals surface area contributed by atoms with Crippen molar-refractivity contribution in [2.45, 2.75) is 0 Å². The third kappa shape index (κ3) is 2.78. The second-order valence-electron chi connectivity index (χ2n) is 3.63. The van der Waals surface area contributed by atoms with E-state index in [1.165, 1.54) is 29.6 Å². The minimum Gasteiger partial charge on any atom is -0.364 e. The minimum atomic E-state index is -0.715. The summed E-state index contributed by atoms with van der Waals surface area (Å²) < 4.78 is 0. The van der Waals surface area contributed by atoms with Crippen LogP contribution in [-0.4, -0.2) is 21.7 Å². The van der Waals surface area contributed by atoms with Gasteiger partial charge in [-0.1, -0.05) is 12.1 Å². The van der Waals surface area contributed by atoms with Crippen molar-refractivity contribution >= 4 is 34.0 Å². The Morgan fingerprint density at radius 1 is 1.35 bits per heavy atom. The number of benzene rings is 1. The number of nitro groups is 1. The zero-order chi connectivity index (χ0) is 14.7. The Kier molecular flexibility index (Phi) is 3.71. The Bertz CT molecular complexity index is 697. The van der Waals surface area contributed by atoms with Crippen molar-refractivity contribution in [2.24, 2.45) is 5.73 Å². The van der Waals surface area contributed by atoms with Crippen molar-refractivity contribution in [2.75, 3.05) is 5.32 Å². The van der Waals surface area contributed by atoms with Gasteiger partial charge in [-0.25, -0.2) is 4.98 Å². The predicted molar refractivity (Wildman–Crippen MR) is 71.7 cm³/mol. The van der Waals surface area contributed by atoms with E-state index in [1.807, 2.05) is 0 Å². The summed E-state index contributed by atoms with van der Waals surface area (Å²) in [5.41, 5.74) is 4.66. The Hall–Kier alpha value is -2.81. The largest absolute Gasteiger partial charge is 0.364 e. The summed E-state index contributed by atoms with van der Waals surface area (Å²) in [6, 6.07) is 5.53. The highest BCUT2D eigenvalue weighted by atomic mass is 32.1. The summed E-state index contributed by atoms with van der Waals surface area (Å²) in [6.45, 7) is 0. The lowest BCUT2D eigenvalue weighted by Gasteiger charge is -2.02. The smallest absolute Gasteiger partial charge is 0.282 e. The molecule has 0 radical (unpaired) electrons. The number of hydrogen-bond acceptors (Lipinski definition) is 6. The average molecular weight is 292 g/mol. The number of aromatic nitrogens is 1. The van der Waals surface area contributed by atoms with Gasteiger partial charge in [-0.15, -0.1) is 11.3 Å². The second-order valence-corrected chi connectivity index (χ2v) is 4.49. The molecule has 0 atom stereocenters. The third-order valence-electron chi connectivity index (χ3n) is 2.32.